The Morgan fingerprint density at radius 3 is 3.40 bits per heavy atom. The molecule has 0 amide bonds. The van der Waals surface area contributed by atoms with Gasteiger partial charge >= 0.3 is 5.96 Å². The first kappa shape index (κ1) is 5.84. The predicted molar refractivity (Wildman–Crippen MR) is 36.2 cm³/mol. The monoisotopic (exact) mass is 140 g/mol. The van der Waals surface area contributed by atoms with Crippen molar-refractivity contribution < 1.29 is 4.65 Å². The minimum absolute atomic E-state index is 0.377. The Morgan fingerprint density at radius 2 is 2.60 bits per heavy atom. The smallest absolute Gasteiger partial charge is 0.309 e. The number of aliphatic imine (C=N–C) groups is 1. The number of quaternary nitrogens is 1. The van der Waals surface area contributed by atoms with Crippen LogP contribution in [0.5, 0.6) is 0 Å². The first-order valence-electron chi connectivity index (χ1n) is 3.10. The van der Waals surface area contributed by atoms with Crippen molar-refractivity contribution in [2.24, 2.45) is 4.99 Å². The fourth-order valence-electron chi connectivity index (χ4n) is 1.05. The molecule has 2 aliphatic rings. The van der Waals surface area contributed by atoms with Gasteiger partial charge in [0.15, 0.2) is 0 Å². The van der Waals surface area contributed by atoms with Crippen molar-refractivity contribution >= 4 is 5.96 Å². The summed E-state index contributed by atoms with van der Waals surface area (Å²) in [4.78, 5) is 3.95. The molecule has 2 N–H and O–H groups in total. The second-order valence-corrected chi connectivity index (χ2v) is 2.30. The van der Waals surface area contributed by atoms with Crippen LogP contribution >= 0.6 is 0 Å². The maximum atomic E-state index is 11.5. The Hall–Kier alpha value is -0.910. The first-order valence-corrected chi connectivity index (χ1v) is 3.10. The molecule has 0 saturated carbocycles. The maximum absolute atomic E-state index is 11.5. The zero-order valence-corrected chi connectivity index (χ0v) is 5.37. The molecule has 5 nitrogen and oxygen atoms in total. The minimum atomic E-state index is -0.486. The third-order valence-electron chi connectivity index (χ3n) is 1.57. The highest BCUT2D eigenvalue weighted by Crippen LogP contribution is 2.12. The van der Waals surface area contributed by atoms with Crippen LogP contribution in [0.3, 0.4) is 0 Å². The van der Waals surface area contributed by atoms with Crippen LogP contribution in [0.1, 0.15) is 0 Å². The molecule has 54 valence electrons. The number of hydrogen-bond acceptors (Lipinski definition) is 4. The van der Waals surface area contributed by atoms with Gasteiger partial charge in [-0.15, -0.1) is 0 Å². The van der Waals surface area contributed by atoms with Crippen LogP contribution in [-0.4, -0.2) is 23.9 Å². The van der Waals surface area contributed by atoms with Gasteiger partial charge in [0.2, 0.25) is 0 Å². The summed E-state index contributed by atoms with van der Waals surface area (Å²) >= 11 is 0. The lowest BCUT2D eigenvalue weighted by atomic mass is 10.6. The van der Waals surface area contributed by atoms with Crippen molar-refractivity contribution in [2.45, 2.75) is 0 Å². The van der Waals surface area contributed by atoms with E-state index in [1.807, 2.05) is 0 Å². The standard InChI is InChI=1S/C5H8N4O/c10-9-2-1-7-5(9)8-3-6-4-9/h1-2,6H,3-4H2,(H,7,8). The number of hydroxylamine groups is 3. The zero-order valence-electron chi connectivity index (χ0n) is 5.37. The summed E-state index contributed by atoms with van der Waals surface area (Å²) in [5.41, 5.74) is 0. The zero-order chi connectivity index (χ0) is 7.03. The third kappa shape index (κ3) is 0.652. The summed E-state index contributed by atoms with van der Waals surface area (Å²) in [5, 5.41) is 17.1. The van der Waals surface area contributed by atoms with Gasteiger partial charge in [-0.3, -0.25) is 9.96 Å². The molecule has 0 bridgehead atoms. The van der Waals surface area contributed by atoms with Crippen LogP contribution in [0.15, 0.2) is 17.4 Å². The first-order chi connectivity index (χ1) is 4.81. The molecule has 5 heteroatoms. The second kappa shape index (κ2) is 1.79. The lowest BCUT2D eigenvalue weighted by molar-refractivity contribution is -0.737. The summed E-state index contributed by atoms with van der Waals surface area (Å²) in [5.74, 6) is 0.485. The molecular formula is C5H8N4O. The highest BCUT2D eigenvalue weighted by molar-refractivity contribution is 5.77. The molecular weight excluding hydrogens is 132 g/mol. The summed E-state index contributed by atoms with van der Waals surface area (Å²) in [6.45, 7) is 0.911. The van der Waals surface area contributed by atoms with Crippen molar-refractivity contribution in [1.82, 2.24) is 10.6 Å². The Bertz CT molecular complexity index is 212. The number of nitrogens with zero attached hydrogens (tertiary/aromatic N) is 2. The highest BCUT2D eigenvalue weighted by Gasteiger charge is 2.28. The number of rotatable bonds is 0. The van der Waals surface area contributed by atoms with Crippen LogP contribution in [0.4, 0.5) is 0 Å². The van der Waals surface area contributed by atoms with E-state index >= 15 is 0 Å². The number of fused-ring (bicyclic) bond motifs is 1. The molecule has 1 unspecified atom stereocenters. The minimum Gasteiger partial charge on any atom is -0.619 e. The molecule has 0 aromatic heterocycles. The molecule has 0 aliphatic carbocycles. The van der Waals surface area contributed by atoms with Crippen molar-refractivity contribution in [3.8, 4) is 0 Å². The second-order valence-electron chi connectivity index (χ2n) is 2.30. The number of hydrogen-bond donors (Lipinski definition) is 2. The molecule has 2 rings (SSSR count). The molecule has 0 radical (unpaired) electrons. The van der Waals surface area contributed by atoms with Crippen LogP contribution in [0.25, 0.3) is 0 Å². The van der Waals surface area contributed by atoms with Gasteiger partial charge in [0.25, 0.3) is 0 Å². The Labute approximate surface area is 58.2 Å². The largest absolute Gasteiger partial charge is 0.619 e. The summed E-state index contributed by atoms with van der Waals surface area (Å²) < 4.78 is -0.486. The lowest BCUT2D eigenvalue weighted by Gasteiger charge is -2.36. The van der Waals surface area contributed by atoms with E-state index in [1.165, 1.54) is 6.20 Å². The van der Waals surface area contributed by atoms with Crippen molar-refractivity contribution in [3.05, 3.63) is 17.6 Å². The van der Waals surface area contributed by atoms with Crippen molar-refractivity contribution in [2.75, 3.05) is 13.3 Å². The Kier molecular flexibility index (Phi) is 1.04. The number of guanidine groups is 1. The summed E-state index contributed by atoms with van der Waals surface area (Å²) in [6.07, 6.45) is 3.16. The van der Waals surface area contributed by atoms with E-state index in [1.54, 1.807) is 6.20 Å². The average molecular weight is 140 g/mol. The van der Waals surface area contributed by atoms with E-state index in [-0.39, 0.29) is 0 Å². The van der Waals surface area contributed by atoms with Crippen LogP contribution < -0.4 is 10.6 Å². The quantitative estimate of drug-likeness (QED) is 0.344. The summed E-state index contributed by atoms with van der Waals surface area (Å²) in [6, 6.07) is 0. The fourth-order valence-corrected chi connectivity index (χ4v) is 1.05. The molecule has 1 atom stereocenters. The topological polar surface area (TPSA) is 59.5 Å². The predicted octanol–water partition coefficient (Wildman–Crippen LogP) is -0.750. The van der Waals surface area contributed by atoms with Gasteiger partial charge in [-0.1, -0.05) is 0 Å². The van der Waals surface area contributed by atoms with Crippen LogP contribution in [0.2, 0.25) is 0 Å². The van der Waals surface area contributed by atoms with Gasteiger partial charge in [0, 0.05) is 0 Å². The molecule has 0 spiro atoms. The van der Waals surface area contributed by atoms with Gasteiger partial charge < -0.3 is 5.21 Å². The third-order valence-corrected chi connectivity index (χ3v) is 1.57. The highest BCUT2D eigenvalue weighted by atomic mass is 16.6. The molecule has 10 heavy (non-hydrogen) atoms. The number of nitrogens with one attached hydrogen (secondary N) is 2. The van der Waals surface area contributed by atoms with Gasteiger partial charge in [-0.2, -0.15) is 0 Å². The molecule has 0 aromatic carbocycles. The van der Waals surface area contributed by atoms with Crippen molar-refractivity contribution in [1.29, 1.82) is 0 Å². The lowest BCUT2D eigenvalue weighted by Crippen LogP contribution is -2.53. The van der Waals surface area contributed by atoms with Gasteiger partial charge in [-0.25, -0.2) is 10.3 Å². The van der Waals surface area contributed by atoms with Crippen LogP contribution in [-0.2, 0) is 0 Å². The molecule has 2 aliphatic heterocycles. The van der Waals surface area contributed by atoms with E-state index in [9.17, 15) is 5.21 Å². The maximum Gasteiger partial charge on any atom is 0.309 e. The Morgan fingerprint density at radius 1 is 1.70 bits per heavy atom. The SMILES string of the molecule is [O-][N+]12C=CNC1=NCNC2. The molecule has 0 aromatic rings. The molecule has 0 saturated heterocycles. The van der Waals surface area contributed by atoms with Gasteiger partial charge in [-0.05, 0) is 0 Å². The summed E-state index contributed by atoms with van der Waals surface area (Å²) in [7, 11) is 0. The normalized spacial score (nSPS) is 36.7. The van der Waals surface area contributed by atoms with Crippen molar-refractivity contribution in [3.63, 3.8) is 0 Å². The van der Waals surface area contributed by atoms with E-state index in [0.717, 1.165) is 0 Å². The van der Waals surface area contributed by atoms with Crippen LogP contribution in [0, 0.1) is 5.21 Å². The molecule has 0 fully saturated rings. The van der Waals surface area contributed by atoms with Gasteiger partial charge in [0.05, 0.1) is 6.20 Å². The Balaban J connectivity index is 2.35. The average Bonchev–Trinajstić information content (AvgIpc) is 2.29. The molecule has 2 heterocycles. The van der Waals surface area contributed by atoms with E-state index in [0.29, 0.717) is 19.3 Å². The van der Waals surface area contributed by atoms with Gasteiger partial charge in [0.1, 0.15) is 19.5 Å². The van der Waals surface area contributed by atoms with E-state index < -0.39 is 4.65 Å². The van der Waals surface area contributed by atoms with E-state index in [4.69, 9.17) is 0 Å². The van der Waals surface area contributed by atoms with E-state index in [2.05, 4.69) is 15.6 Å². The fraction of sp³-hybridized carbons (Fsp3) is 0.400.